The molecule has 0 aliphatic carbocycles. The third-order valence-electron chi connectivity index (χ3n) is 1.98. The van der Waals surface area contributed by atoms with Crippen LogP contribution in [0, 0.1) is 5.41 Å². The molecule has 0 amide bonds. The first-order valence-electron chi connectivity index (χ1n) is 4.16. The van der Waals surface area contributed by atoms with Gasteiger partial charge in [-0.05, 0) is 13.0 Å². The molecular weight excluding hydrogens is 138 g/mol. The third kappa shape index (κ3) is 2.64. The first kappa shape index (κ1) is 8.75. The fourth-order valence-corrected chi connectivity index (χ4v) is 1.15. The van der Waals surface area contributed by atoms with Crippen molar-refractivity contribution in [2.24, 2.45) is 5.41 Å². The van der Waals surface area contributed by atoms with Crippen LogP contribution in [0.4, 0.5) is 0 Å². The van der Waals surface area contributed by atoms with Crippen molar-refractivity contribution in [3.63, 3.8) is 0 Å². The highest BCUT2D eigenvalue weighted by atomic mass is 16.5. The van der Waals surface area contributed by atoms with Crippen molar-refractivity contribution in [1.82, 2.24) is 5.32 Å². The van der Waals surface area contributed by atoms with Gasteiger partial charge in [-0.1, -0.05) is 13.0 Å². The van der Waals surface area contributed by atoms with Crippen LogP contribution in [-0.2, 0) is 4.74 Å². The van der Waals surface area contributed by atoms with Gasteiger partial charge in [0.25, 0.3) is 0 Å². The molecule has 1 aliphatic rings. The van der Waals surface area contributed by atoms with Crippen LogP contribution in [0.1, 0.15) is 13.3 Å². The normalized spacial score (nSPS) is 20.8. The maximum atomic E-state index is 5.13. The lowest BCUT2D eigenvalue weighted by molar-refractivity contribution is -0.0988. The van der Waals surface area contributed by atoms with Crippen molar-refractivity contribution in [2.45, 2.75) is 13.3 Å². The highest BCUT2D eigenvalue weighted by molar-refractivity contribution is 4.83. The molecule has 1 saturated heterocycles. The quantitative estimate of drug-likeness (QED) is 0.475. The van der Waals surface area contributed by atoms with Gasteiger partial charge in [-0.15, -0.1) is 6.58 Å². The van der Waals surface area contributed by atoms with Crippen LogP contribution in [0.5, 0.6) is 0 Å². The molecule has 64 valence electrons. The summed E-state index contributed by atoms with van der Waals surface area (Å²) in [4.78, 5) is 0. The predicted molar refractivity (Wildman–Crippen MR) is 46.6 cm³/mol. The van der Waals surface area contributed by atoms with E-state index in [1.807, 2.05) is 6.08 Å². The van der Waals surface area contributed by atoms with Gasteiger partial charge in [0, 0.05) is 12.0 Å². The molecule has 0 saturated carbocycles. The molecule has 2 nitrogen and oxygen atoms in total. The lowest BCUT2D eigenvalue weighted by atomic mass is 9.89. The van der Waals surface area contributed by atoms with E-state index in [9.17, 15) is 0 Å². The molecular formula is C9H17NO. The Kier molecular flexibility index (Phi) is 3.09. The van der Waals surface area contributed by atoms with Crippen molar-refractivity contribution in [2.75, 3.05) is 26.3 Å². The molecule has 0 radical (unpaired) electrons. The topological polar surface area (TPSA) is 21.3 Å². The molecule has 1 aliphatic heterocycles. The Bertz CT molecular complexity index is 130. The smallest absolute Gasteiger partial charge is 0.0554 e. The monoisotopic (exact) mass is 155 g/mol. The number of rotatable bonds is 5. The van der Waals surface area contributed by atoms with Crippen LogP contribution in [0.2, 0.25) is 0 Å². The molecule has 0 unspecified atom stereocenters. The fourth-order valence-electron chi connectivity index (χ4n) is 1.15. The van der Waals surface area contributed by atoms with Gasteiger partial charge < -0.3 is 10.1 Å². The summed E-state index contributed by atoms with van der Waals surface area (Å²) in [5.41, 5.74) is 0.404. The van der Waals surface area contributed by atoms with Crippen LogP contribution in [-0.4, -0.2) is 26.3 Å². The van der Waals surface area contributed by atoms with Gasteiger partial charge >= 0.3 is 0 Å². The molecule has 1 heterocycles. The molecule has 0 spiro atoms. The van der Waals surface area contributed by atoms with Gasteiger partial charge in [0.15, 0.2) is 0 Å². The summed E-state index contributed by atoms with van der Waals surface area (Å²) in [7, 11) is 0. The highest BCUT2D eigenvalue weighted by Crippen LogP contribution is 2.24. The maximum absolute atomic E-state index is 5.13. The van der Waals surface area contributed by atoms with E-state index in [1.54, 1.807) is 0 Å². The lowest BCUT2D eigenvalue weighted by Gasteiger charge is -2.38. The van der Waals surface area contributed by atoms with Gasteiger partial charge in [-0.3, -0.25) is 0 Å². The molecule has 1 fully saturated rings. The Morgan fingerprint density at radius 1 is 1.64 bits per heavy atom. The van der Waals surface area contributed by atoms with Gasteiger partial charge in [-0.2, -0.15) is 0 Å². The zero-order chi connectivity index (χ0) is 8.16. The van der Waals surface area contributed by atoms with Crippen LogP contribution >= 0.6 is 0 Å². The molecule has 0 bridgehead atoms. The summed E-state index contributed by atoms with van der Waals surface area (Å²) < 4.78 is 5.13. The largest absolute Gasteiger partial charge is 0.380 e. The van der Waals surface area contributed by atoms with Gasteiger partial charge in [-0.25, -0.2) is 0 Å². The Morgan fingerprint density at radius 2 is 2.36 bits per heavy atom. The van der Waals surface area contributed by atoms with Crippen LogP contribution < -0.4 is 5.32 Å². The number of hydrogen-bond donors (Lipinski definition) is 1. The molecule has 0 aromatic rings. The first-order valence-corrected chi connectivity index (χ1v) is 4.16. The van der Waals surface area contributed by atoms with E-state index in [1.165, 1.54) is 0 Å². The second-order valence-electron chi connectivity index (χ2n) is 3.56. The summed E-state index contributed by atoms with van der Waals surface area (Å²) in [6, 6.07) is 0. The molecule has 1 N–H and O–H groups in total. The number of ether oxygens (including phenoxy) is 1. The van der Waals surface area contributed by atoms with E-state index in [-0.39, 0.29) is 0 Å². The van der Waals surface area contributed by atoms with Crippen LogP contribution in [0.25, 0.3) is 0 Å². The molecule has 11 heavy (non-hydrogen) atoms. The Hall–Kier alpha value is -0.340. The second kappa shape index (κ2) is 3.88. The summed E-state index contributed by atoms with van der Waals surface area (Å²) in [6.45, 7) is 9.84. The average molecular weight is 155 g/mol. The fraction of sp³-hybridized carbons (Fsp3) is 0.778. The van der Waals surface area contributed by atoms with Crippen molar-refractivity contribution >= 4 is 0 Å². The van der Waals surface area contributed by atoms with E-state index >= 15 is 0 Å². The number of nitrogens with one attached hydrogen (secondary N) is 1. The van der Waals surface area contributed by atoms with Gasteiger partial charge in [0.05, 0.1) is 13.2 Å². The van der Waals surface area contributed by atoms with Crippen molar-refractivity contribution in [1.29, 1.82) is 0 Å². The zero-order valence-electron chi connectivity index (χ0n) is 7.23. The van der Waals surface area contributed by atoms with E-state index < -0.39 is 0 Å². The van der Waals surface area contributed by atoms with E-state index in [2.05, 4.69) is 18.8 Å². The summed E-state index contributed by atoms with van der Waals surface area (Å²) in [5, 5.41) is 3.38. The Balaban J connectivity index is 1.97. The summed E-state index contributed by atoms with van der Waals surface area (Å²) >= 11 is 0. The summed E-state index contributed by atoms with van der Waals surface area (Å²) in [5.74, 6) is 0. The average Bonchev–Trinajstić information content (AvgIpc) is 1.95. The first-order chi connectivity index (χ1) is 5.27. The van der Waals surface area contributed by atoms with Crippen molar-refractivity contribution < 1.29 is 4.74 Å². The van der Waals surface area contributed by atoms with Crippen LogP contribution in [0.15, 0.2) is 12.7 Å². The van der Waals surface area contributed by atoms with Gasteiger partial charge in [0.1, 0.15) is 0 Å². The van der Waals surface area contributed by atoms with Crippen LogP contribution in [0.3, 0.4) is 0 Å². The van der Waals surface area contributed by atoms with E-state index in [0.29, 0.717) is 5.41 Å². The molecule has 0 aromatic carbocycles. The van der Waals surface area contributed by atoms with Crippen molar-refractivity contribution in [3.8, 4) is 0 Å². The maximum Gasteiger partial charge on any atom is 0.0554 e. The predicted octanol–water partition coefficient (Wildman–Crippen LogP) is 1.19. The Labute approximate surface area is 68.6 Å². The highest BCUT2D eigenvalue weighted by Gasteiger charge is 2.32. The van der Waals surface area contributed by atoms with E-state index in [0.717, 1.165) is 32.7 Å². The SMILES string of the molecule is C=CCCNCC1(C)COC1. The number of hydrogen-bond acceptors (Lipinski definition) is 2. The summed E-state index contributed by atoms with van der Waals surface area (Å²) in [6.07, 6.45) is 2.99. The van der Waals surface area contributed by atoms with Gasteiger partial charge in [0.2, 0.25) is 0 Å². The molecule has 0 atom stereocenters. The van der Waals surface area contributed by atoms with Crippen molar-refractivity contribution in [3.05, 3.63) is 12.7 Å². The molecule has 0 aromatic heterocycles. The minimum absolute atomic E-state index is 0.404. The minimum Gasteiger partial charge on any atom is -0.380 e. The van der Waals surface area contributed by atoms with E-state index in [4.69, 9.17) is 4.74 Å². The second-order valence-corrected chi connectivity index (χ2v) is 3.56. The third-order valence-corrected chi connectivity index (χ3v) is 1.98. The Morgan fingerprint density at radius 3 is 2.82 bits per heavy atom. The minimum atomic E-state index is 0.404. The lowest BCUT2D eigenvalue weighted by Crippen LogP contribution is -2.47. The zero-order valence-corrected chi connectivity index (χ0v) is 7.23. The molecule has 2 heteroatoms. The standard InChI is InChI=1S/C9H17NO/c1-3-4-5-10-6-9(2)7-11-8-9/h3,10H,1,4-8H2,2H3. The molecule has 1 rings (SSSR count).